The highest BCUT2D eigenvalue weighted by molar-refractivity contribution is 5.81. The summed E-state index contributed by atoms with van der Waals surface area (Å²) in [6, 6.07) is 0. The van der Waals surface area contributed by atoms with Crippen LogP contribution in [0.15, 0.2) is 0 Å². The van der Waals surface area contributed by atoms with Crippen molar-refractivity contribution in [3.63, 3.8) is 0 Å². The van der Waals surface area contributed by atoms with E-state index < -0.39 is 11.4 Å². The minimum absolute atomic E-state index is 0.0181. The van der Waals surface area contributed by atoms with Crippen molar-refractivity contribution >= 4 is 17.8 Å². The Kier molecular flexibility index (Phi) is 4.69. The van der Waals surface area contributed by atoms with Crippen molar-refractivity contribution in [3.8, 4) is 0 Å². The van der Waals surface area contributed by atoms with Crippen LogP contribution < -0.4 is 0 Å². The third-order valence-electron chi connectivity index (χ3n) is 3.45. The van der Waals surface area contributed by atoms with Gasteiger partial charge in [0.15, 0.2) is 0 Å². The molecule has 0 aromatic carbocycles. The number of carboxylic acids is 1. The van der Waals surface area contributed by atoms with Crippen LogP contribution in [0.1, 0.15) is 32.6 Å². The molecule has 1 aliphatic heterocycles. The van der Waals surface area contributed by atoms with Gasteiger partial charge >= 0.3 is 11.9 Å². The zero-order chi connectivity index (χ0) is 13.8. The number of methoxy groups -OCH3 is 1. The Hall–Kier alpha value is -1.59. The molecule has 1 amide bonds. The lowest BCUT2D eigenvalue weighted by molar-refractivity contribution is -0.156. The second-order valence-electron chi connectivity index (χ2n) is 4.83. The summed E-state index contributed by atoms with van der Waals surface area (Å²) in [6.45, 7) is 2.78. The molecule has 1 aliphatic rings. The number of aliphatic carboxylic acids is 1. The SMILES string of the molecule is COC(=O)C1(C)CCN(C(=O)CCC(=O)O)CC1. The second-order valence-corrected chi connectivity index (χ2v) is 4.83. The zero-order valence-corrected chi connectivity index (χ0v) is 10.8. The third-order valence-corrected chi connectivity index (χ3v) is 3.45. The molecule has 6 nitrogen and oxygen atoms in total. The third kappa shape index (κ3) is 3.45. The molecule has 1 saturated heterocycles. The first-order valence-electron chi connectivity index (χ1n) is 5.97. The highest BCUT2D eigenvalue weighted by atomic mass is 16.5. The van der Waals surface area contributed by atoms with Crippen molar-refractivity contribution in [2.75, 3.05) is 20.2 Å². The van der Waals surface area contributed by atoms with E-state index in [0.29, 0.717) is 25.9 Å². The van der Waals surface area contributed by atoms with Crippen molar-refractivity contribution in [3.05, 3.63) is 0 Å². The van der Waals surface area contributed by atoms with Crippen molar-refractivity contribution in [2.45, 2.75) is 32.6 Å². The molecule has 18 heavy (non-hydrogen) atoms. The topological polar surface area (TPSA) is 83.9 Å². The van der Waals surface area contributed by atoms with Gasteiger partial charge in [-0.25, -0.2) is 0 Å². The van der Waals surface area contributed by atoms with E-state index in [1.165, 1.54) is 7.11 Å². The Morgan fingerprint density at radius 1 is 1.22 bits per heavy atom. The number of nitrogens with zero attached hydrogens (tertiary/aromatic N) is 1. The monoisotopic (exact) mass is 257 g/mol. The van der Waals surface area contributed by atoms with E-state index in [-0.39, 0.29) is 24.7 Å². The zero-order valence-electron chi connectivity index (χ0n) is 10.8. The van der Waals surface area contributed by atoms with Crippen LogP contribution in [0.2, 0.25) is 0 Å². The van der Waals surface area contributed by atoms with Gasteiger partial charge in [0, 0.05) is 19.5 Å². The van der Waals surface area contributed by atoms with Crippen molar-refractivity contribution in [1.82, 2.24) is 4.90 Å². The average Bonchev–Trinajstić information content (AvgIpc) is 2.35. The van der Waals surface area contributed by atoms with Gasteiger partial charge in [-0.15, -0.1) is 0 Å². The van der Waals surface area contributed by atoms with Crippen molar-refractivity contribution in [2.24, 2.45) is 5.41 Å². The molecule has 1 N–H and O–H groups in total. The van der Waals surface area contributed by atoms with Gasteiger partial charge in [-0.1, -0.05) is 0 Å². The first-order valence-corrected chi connectivity index (χ1v) is 5.97. The molecule has 0 spiro atoms. The van der Waals surface area contributed by atoms with Crippen molar-refractivity contribution in [1.29, 1.82) is 0 Å². The Morgan fingerprint density at radius 2 is 1.78 bits per heavy atom. The Morgan fingerprint density at radius 3 is 2.22 bits per heavy atom. The predicted octanol–water partition coefficient (Wildman–Crippen LogP) is 0.653. The number of carbonyl (C=O) groups is 3. The summed E-state index contributed by atoms with van der Waals surface area (Å²) in [5.41, 5.74) is -0.529. The number of hydrogen-bond donors (Lipinski definition) is 1. The Bertz CT molecular complexity index is 344. The maximum atomic E-state index is 11.7. The van der Waals surface area contributed by atoms with Gasteiger partial charge in [-0.3, -0.25) is 14.4 Å². The molecular formula is C12H19NO5. The van der Waals surface area contributed by atoms with Crippen LogP contribution in [0.3, 0.4) is 0 Å². The number of hydrogen-bond acceptors (Lipinski definition) is 4. The van der Waals surface area contributed by atoms with E-state index >= 15 is 0 Å². The van der Waals surface area contributed by atoms with Crippen LogP contribution in [0.4, 0.5) is 0 Å². The lowest BCUT2D eigenvalue weighted by Crippen LogP contribution is -2.45. The van der Waals surface area contributed by atoms with E-state index in [1.807, 2.05) is 6.92 Å². The fourth-order valence-electron chi connectivity index (χ4n) is 2.07. The molecule has 0 atom stereocenters. The number of piperidine rings is 1. The number of esters is 1. The molecule has 0 radical (unpaired) electrons. The molecule has 1 fully saturated rings. The highest BCUT2D eigenvalue weighted by Gasteiger charge is 2.38. The second kappa shape index (κ2) is 5.84. The lowest BCUT2D eigenvalue weighted by Gasteiger charge is -2.37. The van der Waals surface area contributed by atoms with Gasteiger partial charge < -0.3 is 14.7 Å². The summed E-state index contributed by atoms with van der Waals surface area (Å²) in [6.07, 6.45) is 0.977. The normalized spacial score (nSPS) is 18.2. The summed E-state index contributed by atoms with van der Waals surface area (Å²) in [4.78, 5) is 35.3. The van der Waals surface area contributed by atoms with Crippen LogP contribution in [0.25, 0.3) is 0 Å². The van der Waals surface area contributed by atoms with Gasteiger partial charge in [0.2, 0.25) is 5.91 Å². The van der Waals surface area contributed by atoms with E-state index in [2.05, 4.69) is 0 Å². The van der Waals surface area contributed by atoms with E-state index in [4.69, 9.17) is 9.84 Å². The van der Waals surface area contributed by atoms with Crippen LogP contribution >= 0.6 is 0 Å². The molecule has 1 heterocycles. The first kappa shape index (κ1) is 14.5. The number of rotatable bonds is 4. The standard InChI is InChI=1S/C12H19NO5/c1-12(11(17)18-2)5-7-13(8-6-12)9(14)3-4-10(15)16/h3-8H2,1-2H3,(H,15,16). The molecule has 0 aromatic heterocycles. The molecule has 0 unspecified atom stereocenters. The summed E-state index contributed by atoms with van der Waals surface area (Å²) < 4.78 is 4.75. The molecule has 0 aromatic rings. The minimum Gasteiger partial charge on any atom is -0.481 e. The molecule has 0 bridgehead atoms. The number of likely N-dealkylation sites (tertiary alicyclic amines) is 1. The summed E-state index contributed by atoms with van der Waals surface area (Å²) in [7, 11) is 1.36. The van der Waals surface area contributed by atoms with E-state index in [1.54, 1.807) is 4.90 Å². The summed E-state index contributed by atoms with van der Waals surface area (Å²) >= 11 is 0. The maximum Gasteiger partial charge on any atom is 0.311 e. The number of amides is 1. The first-order chi connectivity index (χ1) is 8.39. The quantitative estimate of drug-likeness (QED) is 0.748. The Labute approximate surface area is 106 Å². The Balaban J connectivity index is 2.46. The summed E-state index contributed by atoms with van der Waals surface area (Å²) in [5, 5.41) is 8.52. The average molecular weight is 257 g/mol. The number of ether oxygens (including phenoxy) is 1. The molecule has 1 rings (SSSR count). The largest absolute Gasteiger partial charge is 0.481 e. The van der Waals surface area contributed by atoms with Crippen LogP contribution in [-0.2, 0) is 19.1 Å². The van der Waals surface area contributed by atoms with Crippen LogP contribution in [0, 0.1) is 5.41 Å². The van der Waals surface area contributed by atoms with Gasteiger partial charge in [-0.2, -0.15) is 0 Å². The lowest BCUT2D eigenvalue weighted by atomic mass is 9.80. The fourth-order valence-corrected chi connectivity index (χ4v) is 2.07. The minimum atomic E-state index is -0.972. The molecule has 0 aliphatic carbocycles. The number of carbonyl (C=O) groups excluding carboxylic acids is 2. The van der Waals surface area contributed by atoms with Gasteiger partial charge in [-0.05, 0) is 19.8 Å². The van der Waals surface area contributed by atoms with E-state index in [0.717, 1.165) is 0 Å². The predicted molar refractivity (Wildman–Crippen MR) is 62.8 cm³/mol. The molecule has 6 heteroatoms. The fraction of sp³-hybridized carbons (Fsp3) is 0.750. The summed E-state index contributed by atoms with van der Waals surface area (Å²) in [5.74, 6) is -1.38. The van der Waals surface area contributed by atoms with Crippen LogP contribution in [-0.4, -0.2) is 48.1 Å². The number of carboxylic acid groups (broad SMARTS) is 1. The smallest absolute Gasteiger partial charge is 0.311 e. The highest BCUT2D eigenvalue weighted by Crippen LogP contribution is 2.32. The van der Waals surface area contributed by atoms with Gasteiger partial charge in [0.1, 0.15) is 0 Å². The van der Waals surface area contributed by atoms with Gasteiger partial charge in [0.25, 0.3) is 0 Å². The van der Waals surface area contributed by atoms with Crippen molar-refractivity contribution < 1.29 is 24.2 Å². The maximum absolute atomic E-state index is 11.7. The van der Waals surface area contributed by atoms with Crippen LogP contribution in [0.5, 0.6) is 0 Å². The van der Waals surface area contributed by atoms with Gasteiger partial charge in [0.05, 0.1) is 18.9 Å². The van der Waals surface area contributed by atoms with E-state index in [9.17, 15) is 14.4 Å². The molecule has 0 saturated carbocycles. The molecule has 102 valence electrons. The molecular weight excluding hydrogens is 238 g/mol.